The molecule has 0 aliphatic heterocycles. The fraction of sp³-hybridized carbons (Fsp3) is 0.0667. The molecule has 2 aromatic carbocycles. The Morgan fingerprint density at radius 2 is 2.00 bits per heavy atom. The van der Waals surface area contributed by atoms with Crippen LogP contribution < -0.4 is 5.32 Å². The predicted molar refractivity (Wildman–Crippen MR) is 83.4 cm³/mol. The van der Waals surface area contributed by atoms with Crippen molar-refractivity contribution in [3.05, 3.63) is 69.0 Å². The van der Waals surface area contributed by atoms with E-state index in [-0.39, 0.29) is 22.0 Å². The average Bonchev–Trinajstić information content (AvgIpc) is 2.54. The molecular weight excluding hydrogens is 343 g/mol. The minimum Gasteiger partial charge on any atom is -0.452 e. The molecule has 0 saturated heterocycles. The molecule has 0 saturated carbocycles. The highest BCUT2D eigenvalue weighted by Gasteiger charge is 2.15. The van der Waals surface area contributed by atoms with Crippen molar-refractivity contribution >= 4 is 34.9 Å². The fourth-order valence-electron chi connectivity index (χ4n) is 1.76. The van der Waals surface area contributed by atoms with Gasteiger partial charge in [0, 0.05) is 11.8 Å². The van der Waals surface area contributed by atoms with Crippen LogP contribution in [0.5, 0.6) is 0 Å². The third kappa shape index (κ3) is 4.50. The largest absolute Gasteiger partial charge is 0.452 e. The van der Waals surface area contributed by atoms with Gasteiger partial charge in [-0.1, -0.05) is 17.7 Å². The maximum Gasteiger partial charge on any atom is 0.338 e. The lowest BCUT2D eigenvalue weighted by molar-refractivity contribution is -0.384. The molecule has 1 N–H and O–H groups in total. The molecule has 7 nitrogen and oxygen atoms in total. The van der Waals surface area contributed by atoms with Gasteiger partial charge >= 0.3 is 5.97 Å². The Morgan fingerprint density at radius 3 is 2.67 bits per heavy atom. The molecule has 0 bridgehead atoms. The molecule has 2 rings (SSSR count). The second-order valence-corrected chi connectivity index (χ2v) is 4.97. The molecule has 0 aromatic heterocycles. The zero-order valence-corrected chi connectivity index (χ0v) is 12.7. The van der Waals surface area contributed by atoms with Crippen LogP contribution in [0.3, 0.4) is 0 Å². The second-order valence-electron chi connectivity index (χ2n) is 4.56. The summed E-state index contributed by atoms with van der Waals surface area (Å²) in [4.78, 5) is 33.5. The van der Waals surface area contributed by atoms with Crippen LogP contribution in [0.1, 0.15) is 10.4 Å². The van der Waals surface area contributed by atoms with Crippen molar-refractivity contribution in [2.75, 3.05) is 11.9 Å². The average molecular weight is 353 g/mol. The maximum atomic E-state index is 13.0. The highest BCUT2D eigenvalue weighted by molar-refractivity contribution is 6.32. The summed E-state index contributed by atoms with van der Waals surface area (Å²) in [5.41, 5.74) is -0.283. The number of nitro groups is 1. The molecule has 2 aromatic rings. The smallest absolute Gasteiger partial charge is 0.338 e. The molecule has 9 heteroatoms. The van der Waals surface area contributed by atoms with Gasteiger partial charge in [0.2, 0.25) is 0 Å². The molecule has 0 unspecified atom stereocenters. The Balaban J connectivity index is 1.95. The van der Waals surface area contributed by atoms with Gasteiger partial charge in [-0.25, -0.2) is 9.18 Å². The van der Waals surface area contributed by atoms with Crippen LogP contribution in [0, 0.1) is 15.9 Å². The Labute approximate surface area is 140 Å². The summed E-state index contributed by atoms with van der Waals surface area (Å²) in [6, 6.07) is 8.51. The summed E-state index contributed by atoms with van der Waals surface area (Å²) in [5, 5.41) is 13.0. The summed E-state index contributed by atoms with van der Waals surface area (Å²) in [6.07, 6.45) is 0. The number of ether oxygens (including phenoxy) is 1. The maximum absolute atomic E-state index is 13.0. The van der Waals surface area contributed by atoms with E-state index in [1.165, 1.54) is 24.3 Å². The van der Waals surface area contributed by atoms with E-state index in [2.05, 4.69) is 5.32 Å². The minimum absolute atomic E-state index is 0.0371. The highest BCUT2D eigenvalue weighted by atomic mass is 35.5. The van der Waals surface area contributed by atoms with Crippen molar-refractivity contribution in [3.63, 3.8) is 0 Å². The zero-order valence-electron chi connectivity index (χ0n) is 12.0. The molecule has 0 radical (unpaired) electrons. The number of carbonyl (C=O) groups is 2. The summed E-state index contributed by atoms with van der Waals surface area (Å²) in [5.74, 6) is -2.19. The number of hydrogen-bond donors (Lipinski definition) is 1. The number of halogens is 2. The third-order valence-electron chi connectivity index (χ3n) is 2.82. The monoisotopic (exact) mass is 352 g/mol. The van der Waals surface area contributed by atoms with Gasteiger partial charge < -0.3 is 10.1 Å². The lowest BCUT2D eigenvalue weighted by Crippen LogP contribution is -2.21. The van der Waals surface area contributed by atoms with Crippen molar-refractivity contribution in [3.8, 4) is 0 Å². The van der Waals surface area contributed by atoms with Crippen LogP contribution >= 0.6 is 11.6 Å². The van der Waals surface area contributed by atoms with Crippen molar-refractivity contribution < 1.29 is 23.6 Å². The van der Waals surface area contributed by atoms with Gasteiger partial charge in [-0.15, -0.1) is 0 Å². The van der Waals surface area contributed by atoms with E-state index >= 15 is 0 Å². The number of anilines is 1. The minimum atomic E-state index is -0.869. The molecule has 0 fully saturated rings. The number of amides is 1. The van der Waals surface area contributed by atoms with Crippen LogP contribution in [0.15, 0.2) is 42.5 Å². The molecule has 24 heavy (non-hydrogen) atoms. The quantitative estimate of drug-likeness (QED) is 0.506. The molecule has 0 aliphatic rings. The van der Waals surface area contributed by atoms with Gasteiger partial charge in [0.25, 0.3) is 11.6 Å². The van der Waals surface area contributed by atoms with Gasteiger partial charge in [-0.05, 0) is 30.3 Å². The Morgan fingerprint density at radius 1 is 1.25 bits per heavy atom. The molecule has 1 amide bonds. The normalized spacial score (nSPS) is 10.1. The van der Waals surface area contributed by atoms with Gasteiger partial charge in [0.15, 0.2) is 6.61 Å². The summed E-state index contributed by atoms with van der Waals surface area (Å²) in [6.45, 7) is -0.633. The number of nitro benzene ring substituents is 1. The highest BCUT2D eigenvalue weighted by Crippen LogP contribution is 2.27. The SMILES string of the molecule is O=C(COC(=O)c1cccc(F)c1)Nc1ccc(Cl)c([N+](=O)[O-])c1. The first-order valence-corrected chi connectivity index (χ1v) is 6.91. The van der Waals surface area contributed by atoms with E-state index in [0.717, 1.165) is 18.2 Å². The Kier molecular flexibility index (Phi) is 5.43. The van der Waals surface area contributed by atoms with Crippen molar-refractivity contribution in [2.24, 2.45) is 0 Å². The molecule has 124 valence electrons. The molecule has 0 atom stereocenters. The summed E-state index contributed by atoms with van der Waals surface area (Å²) in [7, 11) is 0. The van der Waals surface area contributed by atoms with E-state index in [4.69, 9.17) is 16.3 Å². The molecule has 0 spiro atoms. The van der Waals surface area contributed by atoms with E-state index in [1.54, 1.807) is 0 Å². The van der Waals surface area contributed by atoms with Gasteiger partial charge in [-0.3, -0.25) is 14.9 Å². The van der Waals surface area contributed by atoms with E-state index in [0.29, 0.717) is 0 Å². The number of benzene rings is 2. The van der Waals surface area contributed by atoms with Crippen molar-refractivity contribution in [1.29, 1.82) is 0 Å². The first-order chi connectivity index (χ1) is 11.4. The van der Waals surface area contributed by atoms with Gasteiger partial charge in [0.05, 0.1) is 10.5 Å². The zero-order chi connectivity index (χ0) is 17.7. The van der Waals surface area contributed by atoms with Crippen molar-refractivity contribution in [2.45, 2.75) is 0 Å². The number of rotatable bonds is 5. The topological polar surface area (TPSA) is 98.5 Å². The number of nitrogens with zero attached hydrogens (tertiary/aromatic N) is 1. The Hall–Kier alpha value is -3.00. The Bertz CT molecular complexity index is 812. The lowest BCUT2D eigenvalue weighted by Gasteiger charge is -2.07. The van der Waals surface area contributed by atoms with E-state index < -0.39 is 29.2 Å². The number of hydrogen-bond acceptors (Lipinski definition) is 5. The molecule has 0 heterocycles. The van der Waals surface area contributed by atoms with Gasteiger partial charge in [0.1, 0.15) is 10.8 Å². The van der Waals surface area contributed by atoms with E-state index in [1.807, 2.05) is 0 Å². The van der Waals surface area contributed by atoms with Crippen LogP contribution in [0.25, 0.3) is 0 Å². The van der Waals surface area contributed by atoms with Crippen LogP contribution in [-0.2, 0) is 9.53 Å². The third-order valence-corrected chi connectivity index (χ3v) is 3.14. The summed E-state index contributed by atoms with van der Waals surface area (Å²) >= 11 is 5.66. The number of nitrogens with one attached hydrogen (secondary N) is 1. The lowest BCUT2D eigenvalue weighted by atomic mass is 10.2. The fourth-order valence-corrected chi connectivity index (χ4v) is 1.94. The van der Waals surface area contributed by atoms with Crippen LogP contribution in [0.4, 0.5) is 15.8 Å². The van der Waals surface area contributed by atoms with Gasteiger partial charge in [-0.2, -0.15) is 0 Å². The van der Waals surface area contributed by atoms with Crippen LogP contribution in [0.2, 0.25) is 5.02 Å². The second kappa shape index (κ2) is 7.51. The number of esters is 1. The van der Waals surface area contributed by atoms with Crippen LogP contribution in [-0.4, -0.2) is 23.4 Å². The standard InChI is InChI=1S/C15H10ClFN2O5/c16-12-5-4-11(7-13(12)19(22)23)18-14(20)8-24-15(21)9-2-1-3-10(17)6-9/h1-7H,8H2,(H,18,20). The first-order valence-electron chi connectivity index (χ1n) is 6.53. The van der Waals surface area contributed by atoms with Crippen molar-refractivity contribution in [1.82, 2.24) is 0 Å². The molecular formula is C15H10ClFN2O5. The predicted octanol–water partition coefficient (Wildman–Crippen LogP) is 3.18. The number of carbonyl (C=O) groups excluding carboxylic acids is 2. The summed E-state index contributed by atoms with van der Waals surface area (Å²) < 4.78 is 17.7. The molecule has 0 aliphatic carbocycles. The van der Waals surface area contributed by atoms with E-state index in [9.17, 15) is 24.1 Å². The first kappa shape index (κ1) is 17.4.